The summed E-state index contributed by atoms with van der Waals surface area (Å²) in [5.74, 6) is 0. The summed E-state index contributed by atoms with van der Waals surface area (Å²) in [6.45, 7) is 0. The summed E-state index contributed by atoms with van der Waals surface area (Å²) in [7, 11) is 0. The maximum absolute atomic E-state index is 6.35. The molecule has 0 saturated carbocycles. The zero-order valence-electron chi connectivity index (χ0n) is 24.5. The number of benzene rings is 7. The Morgan fingerprint density at radius 2 is 0.978 bits per heavy atom. The molecule has 212 valence electrons. The van der Waals surface area contributed by atoms with Crippen molar-refractivity contribution in [2.24, 2.45) is 0 Å². The van der Waals surface area contributed by atoms with Gasteiger partial charge in [0.15, 0.2) is 0 Å². The maximum Gasteiger partial charge on any atom is 0.136 e. The van der Waals surface area contributed by atoms with E-state index < -0.39 is 0 Å². The molecule has 12 aromatic rings. The minimum absolute atomic E-state index is 0.926. The lowest BCUT2D eigenvalue weighted by Gasteiger charge is -2.11. The Balaban J connectivity index is 1.33. The van der Waals surface area contributed by atoms with Crippen LogP contribution in [-0.2, 0) is 0 Å². The van der Waals surface area contributed by atoms with Crippen molar-refractivity contribution < 1.29 is 4.42 Å². The summed E-state index contributed by atoms with van der Waals surface area (Å²) >= 11 is 0. The van der Waals surface area contributed by atoms with Crippen LogP contribution < -0.4 is 0 Å². The summed E-state index contributed by atoms with van der Waals surface area (Å²) < 4.78 is 13.8. The summed E-state index contributed by atoms with van der Waals surface area (Å²) in [6.07, 6.45) is 0. The number of hydrogen-bond donors (Lipinski definition) is 0. The molecule has 0 atom stereocenters. The Labute approximate surface area is 260 Å². The Morgan fingerprint density at radius 1 is 0.348 bits per heavy atom. The van der Waals surface area contributed by atoms with Crippen LogP contribution in [0.15, 0.2) is 144 Å². The number of nitrogens with zero attached hydrogens (tertiary/aromatic N) is 3. The fraction of sp³-hybridized carbons (Fsp3) is 0. The van der Waals surface area contributed by atoms with Crippen LogP contribution in [0.4, 0.5) is 0 Å². The Hall–Kier alpha value is -6.26. The van der Waals surface area contributed by atoms with Crippen molar-refractivity contribution in [1.29, 1.82) is 0 Å². The second-order valence-electron chi connectivity index (χ2n) is 12.5. The first kappa shape index (κ1) is 23.2. The monoisotopic (exact) mass is 585 g/mol. The highest BCUT2D eigenvalue weighted by molar-refractivity contribution is 6.31. The van der Waals surface area contributed by atoms with Crippen LogP contribution in [0.25, 0.3) is 104 Å². The molecule has 0 aliphatic carbocycles. The number of aromatic nitrogens is 3. The summed E-state index contributed by atoms with van der Waals surface area (Å²) in [6, 6.07) is 50.7. The average molecular weight is 586 g/mol. The van der Waals surface area contributed by atoms with E-state index >= 15 is 0 Å². The van der Waals surface area contributed by atoms with Crippen LogP contribution in [0.3, 0.4) is 0 Å². The van der Waals surface area contributed by atoms with Crippen molar-refractivity contribution in [2.75, 3.05) is 0 Å². The van der Waals surface area contributed by atoms with Crippen LogP contribution in [-0.4, -0.2) is 13.4 Å². The van der Waals surface area contributed by atoms with Crippen LogP contribution in [0, 0.1) is 0 Å². The van der Waals surface area contributed by atoms with Gasteiger partial charge in [0.05, 0.1) is 44.1 Å². The highest BCUT2D eigenvalue weighted by Gasteiger charge is 2.24. The summed E-state index contributed by atoms with van der Waals surface area (Å²) in [5, 5.41) is 9.89. The second-order valence-corrected chi connectivity index (χ2v) is 12.5. The maximum atomic E-state index is 6.35. The van der Waals surface area contributed by atoms with Gasteiger partial charge in [0.1, 0.15) is 11.2 Å². The molecule has 0 bridgehead atoms. The molecule has 7 aromatic carbocycles. The van der Waals surface area contributed by atoms with E-state index in [9.17, 15) is 0 Å². The topological polar surface area (TPSA) is 26.9 Å². The molecule has 0 amide bonds. The third kappa shape index (κ3) is 2.57. The molecule has 0 fully saturated rings. The molecule has 0 aliphatic rings. The molecule has 0 aliphatic heterocycles. The van der Waals surface area contributed by atoms with Gasteiger partial charge in [-0.3, -0.25) is 0 Å². The van der Waals surface area contributed by atoms with Gasteiger partial charge in [-0.1, -0.05) is 78.9 Å². The molecule has 12 rings (SSSR count). The van der Waals surface area contributed by atoms with Crippen molar-refractivity contribution in [2.45, 2.75) is 0 Å². The third-order valence-electron chi connectivity index (χ3n) is 10.3. The lowest BCUT2D eigenvalue weighted by Crippen LogP contribution is -1.96. The highest BCUT2D eigenvalue weighted by atomic mass is 16.3. The van der Waals surface area contributed by atoms with Crippen molar-refractivity contribution in [3.8, 4) is 5.69 Å². The predicted octanol–water partition coefficient (Wildman–Crippen LogP) is 11.2. The Bertz CT molecular complexity index is 3240. The van der Waals surface area contributed by atoms with E-state index in [1.165, 1.54) is 87.5 Å². The number of rotatable bonds is 1. The quantitative estimate of drug-likeness (QED) is 0.176. The average Bonchev–Trinajstić information content (AvgIpc) is 3.84. The third-order valence-corrected chi connectivity index (χ3v) is 10.3. The van der Waals surface area contributed by atoms with Gasteiger partial charge >= 0.3 is 0 Å². The zero-order chi connectivity index (χ0) is 29.7. The van der Waals surface area contributed by atoms with Crippen molar-refractivity contribution >= 4 is 98.4 Å². The smallest absolute Gasteiger partial charge is 0.136 e. The molecular weight excluding hydrogens is 562 g/mol. The van der Waals surface area contributed by atoms with Gasteiger partial charge in [0.2, 0.25) is 0 Å². The van der Waals surface area contributed by atoms with E-state index in [1.54, 1.807) is 0 Å². The summed E-state index contributed by atoms with van der Waals surface area (Å²) in [4.78, 5) is 0. The van der Waals surface area contributed by atoms with Gasteiger partial charge in [-0.05, 0) is 60.7 Å². The molecule has 0 radical (unpaired) electrons. The molecule has 5 aromatic heterocycles. The van der Waals surface area contributed by atoms with E-state index in [0.717, 1.165) is 16.6 Å². The van der Waals surface area contributed by atoms with Gasteiger partial charge in [0, 0.05) is 48.8 Å². The van der Waals surface area contributed by atoms with E-state index in [2.05, 4.69) is 147 Å². The molecular formula is C42H23N3O. The molecule has 46 heavy (non-hydrogen) atoms. The standard InChI is InChI=1S/C42H23N3O/c1-2-10-24(11-3-1)43-31-16-6-4-12-25(31)29-22-36-30(23-35(29)43)26-14-8-17-33-41(26)45(36)34-18-9-15-28-39-32(44(33)42(28)34)20-21-38-40(39)27-13-5-7-19-37(27)46-38/h1-23H. The Kier molecular flexibility index (Phi) is 3.96. The second kappa shape index (κ2) is 7.87. The molecule has 0 N–H and O–H groups in total. The lowest BCUT2D eigenvalue weighted by molar-refractivity contribution is 0.669. The molecule has 0 saturated heterocycles. The van der Waals surface area contributed by atoms with E-state index in [0.29, 0.717) is 0 Å². The normalized spacial score (nSPS) is 12.8. The lowest BCUT2D eigenvalue weighted by atomic mass is 10.1. The minimum atomic E-state index is 0.926. The van der Waals surface area contributed by atoms with Crippen LogP contribution in [0.1, 0.15) is 0 Å². The summed E-state index contributed by atoms with van der Waals surface area (Å²) in [5.41, 5.74) is 12.8. The van der Waals surface area contributed by atoms with Gasteiger partial charge in [-0.15, -0.1) is 0 Å². The molecule has 5 heterocycles. The highest BCUT2D eigenvalue weighted by Crippen LogP contribution is 2.45. The SMILES string of the molecule is c1ccc(-n2c3ccccc3c3cc4c(cc32)c2cccc3c2n4c2cccc4c5c6c(ccc5n3c42)oc2ccccc26)cc1. The number of para-hydroxylation sites is 5. The fourth-order valence-electron chi connectivity index (χ4n) is 8.58. The minimum Gasteiger partial charge on any atom is -0.456 e. The van der Waals surface area contributed by atoms with Gasteiger partial charge in [-0.2, -0.15) is 0 Å². The van der Waals surface area contributed by atoms with E-state index in [4.69, 9.17) is 4.42 Å². The van der Waals surface area contributed by atoms with Crippen LogP contribution in [0.2, 0.25) is 0 Å². The van der Waals surface area contributed by atoms with Gasteiger partial charge in [-0.25, -0.2) is 0 Å². The van der Waals surface area contributed by atoms with Crippen LogP contribution in [0.5, 0.6) is 0 Å². The van der Waals surface area contributed by atoms with Crippen molar-refractivity contribution in [3.63, 3.8) is 0 Å². The van der Waals surface area contributed by atoms with Gasteiger partial charge < -0.3 is 17.8 Å². The molecule has 0 spiro atoms. The first-order valence-corrected chi connectivity index (χ1v) is 15.8. The zero-order valence-corrected chi connectivity index (χ0v) is 24.5. The first-order chi connectivity index (χ1) is 22.8. The largest absolute Gasteiger partial charge is 0.456 e. The van der Waals surface area contributed by atoms with Gasteiger partial charge in [0.25, 0.3) is 0 Å². The van der Waals surface area contributed by atoms with Crippen molar-refractivity contribution in [3.05, 3.63) is 140 Å². The van der Waals surface area contributed by atoms with E-state index in [-0.39, 0.29) is 0 Å². The number of fused-ring (bicyclic) bond motifs is 15. The number of hydrogen-bond acceptors (Lipinski definition) is 1. The molecule has 4 heteroatoms. The number of furan rings is 1. The molecule has 4 nitrogen and oxygen atoms in total. The first-order valence-electron chi connectivity index (χ1n) is 15.8. The molecule has 0 unspecified atom stereocenters. The van der Waals surface area contributed by atoms with Crippen molar-refractivity contribution in [1.82, 2.24) is 13.4 Å². The van der Waals surface area contributed by atoms with E-state index in [1.807, 2.05) is 6.07 Å². The Morgan fingerprint density at radius 3 is 1.85 bits per heavy atom. The fourth-order valence-corrected chi connectivity index (χ4v) is 8.58. The predicted molar refractivity (Wildman–Crippen MR) is 191 cm³/mol. The van der Waals surface area contributed by atoms with Crippen LogP contribution >= 0.6 is 0 Å².